The largest absolute Gasteiger partial charge is 0.386 e. The molecule has 0 aliphatic rings. The van der Waals surface area contributed by atoms with Gasteiger partial charge in [-0.1, -0.05) is 0 Å². The van der Waals surface area contributed by atoms with Crippen molar-refractivity contribution in [1.82, 2.24) is 0 Å². The topological polar surface area (TPSA) is 0 Å². The minimum atomic E-state index is -4.00. The van der Waals surface area contributed by atoms with Gasteiger partial charge in [-0.05, 0) is 0 Å². The van der Waals surface area contributed by atoms with Crippen molar-refractivity contribution in [3.05, 3.63) is 0 Å². The molecule has 0 spiro atoms. The fourth-order valence-corrected chi connectivity index (χ4v) is 0. The maximum absolute atomic E-state index is 10.4. The molecule has 10 heavy (non-hydrogen) atoms. The van der Waals surface area contributed by atoms with Crippen molar-refractivity contribution in [3.63, 3.8) is 0 Å². The average Bonchev–Trinajstić information content (AvgIpc) is 1.12. The minimum Gasteiger partial charge on any atom is -0.172 e. The van der Waals surface area contributed by atoms with E-state index in [1.54, 1.807) is 0 Å². The average molecular weight is 168 g/mol. The normalized spacial score (nSPS) is 12.0. The van der Waals surface area contributed by atoms with Gasteiger partial charge in [0.05, 0.1) is 0 Å². The molecule has 0 radical (unpaired) electrons. The van der Waals surface area contributed by atoms with Crippen LogP contribution in [0.5, 0.6) is 0 Å². The fourth-order valence-electron chi connectivity index (χ4n) is 0. The summed E-state index contributed by atoms with van der Waals surface area (Å²) in [7, 11) is 0. The molecule has 0 nitrogen and oxygen atoms in total. The highest BCUT2D eigenvalue weighted by Gasteiger charge is 2.16. The van der Waals surface area contributed by atoms with E-state index in [9.17, 15) is 26.3 Å². The lowest BCUT2D eigenvalue weighted by Gasteiger charge is -1.88. The Morgan fingerprint density at radius 3 is 0.600 bits per heavy atom. The van der Waals surface area contributed by atoms with Gasteiger partial charge in [-0.2, -0.15) is 26.3 Å². The summed E-state index contributed by atoms with van der Waals surface area (Å²) < 4.78 is 62.1. The molecule has 0 fully saturated rings. The summed E-state index contributed by atoms with van der Waals surface area (Å²) in [4.78, 5) is 0. The van der Waals surface area contributed by atoms with Crippen molar-refractivity contribution in [2.24, 2.45) is 0 Å². The fraction of sp³-hybridized carbons (Fsp3) is 1.00. The molecule has 0 aromatic heterocycles. The van der Waals surface area contributed by atoms with E-state index in [2.05, 4.69) is 0 Å². The van der Waals surface area contributed by atoms with E-state index in [1.807, 2.05) is 0 Å². The highest BCUT2D eigenvalue weighted by Crippen LogP contribution is 2.10. The molecule has 0 heterocycles. The number of hydrogen-bond donors (Lipinski definition) is 0. The molecule has 0 aliphatic heterocycles. The van der Waals surface area contributed by atoms with Crippen LogP contribution in [-0.2, 0) is 0 Å². The Morgan fingerprint density at radius 1 is 0.600 bits per heavy atom. The summed E-state index contributed by atoms with van der Waals surface area (Å²) in [5.41, 5.74) is 0. The maximum Gasteiger partial charge on any atom is 0.386 e. The molecule has 0 aromatic carbocycles. The van der Waals surface area contributed by atoms with E-state index < -0.39 is 12.4 Å². The van der Waals surface area contributed by atoms with Crippen LogP contribution in [0.4, 0.5) is 26.3 Å². The summed E-state index contributed by atoms with van der Waals surface area (Å²) >= 11 is 0. The summed E-state index contributed by atoms with van der Waals surface area (Å²) in [6.07, 6.45) is -8.00. The van der Waals surface area contributed by atoms with E-state index in [0.717, 1.165) is 0 Å². The van der Waals surface area contributed by atoms with E-state index in [4.69, 9.17) is 0 Å². The lowest BCUT2D eigenvalue weighted by molar-refractivity contribution is -0.111. The monoisotopic (exact) mass is 168 g/mol. The summed E-state index contributed by atoms with van der Waals surface area (Å²) in [5, 5.41) is 0. The Morgan fingerprint density at radius 2 is 0.600 bits per heavy atom. The molecule has 0 rings (SSSR count). The second-order valence-electron chi connectivity index (χ2n) is 1.56. The molecule has 0 aromatic rings. The van der Waals surface area contributed by atoms with Crippen LogP contribution in [0.15, 0.2) is 0 Å². The SMILES string of the molecule is CC(F)(F)F.CC(F)(F)F. The van der Waals surface area contributed by atoms with Crippen LogP contribution in [0.2, 0.25) is 0 Å². The van der Waals surface area contributed by atoms with Crippen molar-refractivity contribution >= 4 is 0 Å². The van der Waals surface area contributed by atoms with Gasteiger partial charge in [0.1, 0.15) is 0 Å². The smallest absolute Gasteiger partial charge is 0.172 e. The van der Waals surface area contributed by atoms with E-state index >= 15 is 0 Å². The zero-order chi connectivity index (χ0) is 9.00. The quantitative estimate of drug-likeness (QED) is 0.487. The van der Waals surface area contributed by atoms with Crippen LogP contribution in [0.1, 0.15) is 13.8 Å². The number of rotatable bonds is 0. The summed E-state index contributed by atoms with van der Waals surface area (Å²) in [5.74, 6) is 0. The second kappa shape index (κ2) is 3.68. The Labute approximate surface area is 53.8 Å². The third kappa shape index (κ3) is 1860. The van der Waals surface area contributed by atoms with Gasteiger partial charge >= 0.3 is 12.4 Å². The van der Waals surface area contributed by atoms with Crippen molar-refractivity contribution in [3.8, 4) is 0 Å². The molecule has 0 saturated carbocycles. The van der Waals surface area contributed by atoms with Gasteiger partial charge in [-0.15, -0.1) is 0 Å². The van der Waals surface area contributed by atoms with E-state index in [0.29, 0.717) is 0 Å². The first-order valence-electron chi connectivity index (χ1n) is 2.13. The van der Waals surface area contributed by atoms with Crippen LogP contribution in [0.3, 0.4) is 0 Å². The molecule has 0 bridgehead atoms. The van der Waals surface area contributed by atoms with Crippen LogP contribution in [0, 0.1) is 0 Å². The van der Waals surface area contributed by atoms with Gasteiger partial charge in [-0.25, -0.2) is 0 Å². The lowest BCUT2D eigenvalue weighted by Crippen LogP contribution is -1.95. The van der Waals surface area contributed by atoms with E-state index in [-0.39, 0.29) is 13.8 Å². The Kier molecular flexibility index (Phi) is 4.51. The van der Waals surface area contributed by atoms with Crippen LogP contribution in [-0.4, -0.2) is 12.4 Å². The lowest BCUT2D eigenvalue weighted by atomic mass is 10.8. The summed E-state index contributed by atoms with van der Waals surface area (Å²) in [6, 6.07) is 0. The molecule has 0 aliphatic carbocycles. The zero-order valence-corrected chi connectivity index (χ0v) is 5.27. The molecule has 0 saturated heterocycles. The molecular weight excluding hydrogens is 162 g/mol. The van der Waals surface area contributed by atoms with Crippen LogP contribution >= 0.6 is 0 Å². The van der Waals surface area contributed by atoms with Gasteiger partial charge < -0.3 is 0 Å². The highest BCUT2D eigenvalue weighted by atomic mass is 19.4. The van der Waals surface area contributed by atoms with Crippen LogP contribution in [0.25, 0.3) is 0 Å². The van der Waals surface area contributed by atoms with Crippen LogP contribution < -0.4 is 0 Å². The van der Waals surface area contributed by atoms with Crippen molar-refractivity contribution in [2.75, 3.05) is 0 Å². The molecule has 0 N–H and O–H groups in total. The van der Waals surface area contributed by atoms with Gasteiger partial charge in [0.15, 0.2) is 0 Å². The van der Waals surface area contributed by atoms with Crippen molar-refractivity contribution < 1.29 is 26.3 Å². The number of halogens is 6. The number of alkyl halides is 6. The first-order chi connectivity index (χ1) is 4.00. The molecule has 0 atom stereocenters. The maximum atomic E-state index is 10.4. The van der Waals surface area contributed by atoms with Gasteiger partial charge in [0, 0.05) is 13.8 Å². The summed E-state index contributed by atoms with van der Waals surface area (Å²) in [6.45, 7) is 0.375. The third-order valence-corrected chi connectivity index (χ3v) is 0. The zero-order valence-electron chi connectivity index (χ0n) is 5.27. The molecule has 0 amide bonds. The van der Waals surface area contributed by atoms with Crippen molar-refractivity contribution in [1.29, 1.82) is 0 Å². The molecule has 64 valence electrons. The predicted octanol–water partition coefficient (Wildman–Crippen LogP) is 3.14. The highest BCUT2D eigenvalue weighted by molar-refractivity contribution is 4.26. The first-order valence-corrected chi connectivity index (χ1v) is 2.13. The standard InChI is InChI=1S/2C2H3F3/c2*1-2(3,4)5/h2*1H3. The Balaban J connectivity index is 0. The Hall–Kier alpha value is -0.420. The van der Waals surface area contributed by atoms with Gasteiger partial charge in [0.25, 0.3) is 0 Å². The first kappa shape index (κ1) is 12.3. The predicted molar refractivity (Wildman–Crippen MR) is 23.5 cm³/mol. The molecule has 6 heteroatoms. The minimum absolute atomic E-state index is 0.188. The second-order valence-corrected chi connectivity index (χ2v) is 1.56. The van der Waals surface area contributed by atoms with Gasteiger partial charge in [0.2, 0.25) is 0 Å². The Bertz CT molecular complexity index is 52.7. The number of hydrogen-bond acceptors (Lipinski definition) is 0. The third-order valence-electron chi connectivity index (χ3n) is 0. The molecule has 0 unspecified atom stereocenters. The van der Waals surface area contributed by atoms with E-state index in [1.165, 1.54) is 0 Å². The van der Waals surface area contributed by atoms with Gasteiger partial charge in [-0.3, -0.25) is 0 Å². The molecular formula is C4H6F6. The van der Waals surface area contributed by atoms with Crippen molar-refractivity contribution in [2.45, 2.75) is 26.2 Å².